The first kappa shape index (κ1) is 24.2. The highest BCUT2D eigenvalue weighted by atomic mass is 32.2. The summed E-state index contributed by atoms with van der Waals surface area (Å²) in [5.74, 6) is 4.81. The van der Waals surface area contributed by atoms with Crippen LogP contribution in [0.4, 0.5) is 5.69 Å². The second-order valence-corrected chi connectivity index (χ2v) is 11.6. The molecule has 1 fully saturated rings. The number of hydrogen-bond acceptors (Lipinski definition) is 5. The Labute approximate surface area is 191 Å². The van der Waals surface area contributed by atoms with Crippen molar-refractivity contribution in [2.75, 3.05) is 17.4 Å². The molecule has 174 valence electrons. The number of rotatable bonds is 6. The van der Waals surface area contributed by atoms with E-state index in [4.69, 9.17) is 5.84 Å². The molecule has 0 spiro atoms. The molecule has 1 aliphatic rings. The van der Waals surface area contributed by atoms with E-state index < -0.39 is 15.3 Å². The van der Waals surface area contributed by atoms with Crippen molar-refractivity contribution >= 4 is 21.6 Å². The molecule has 2 aromatic carbocycles. The molecule has 0 bridgehead atoms. The smallest absolute Gasteiger partial charge is 0.265 e. The summed E-state index contributed by atoms with van der Waals surface area (Å²) < 4.78 is 29.1. The zero-order valence-corrected chi connectivity index (χ0v) is 20.2. The van der Waals surface area contributed by atoms with Gasteiger partial charge >= 0.3 is 0 Å². The Morgan fingerprint density at radius 1 is 1.12 bits per heavy atom. The molecular weight excluding hydrogens is 424 g/mol. The fraction of sp³-hybridized carbons (Fsp3) is 0.458. The van der Waals surface area contributed by atoms with E-state index in [1.807, 2.05) is 31.2 Å². The van der Waals surface area contributed by atoms with Crippen LogP contribution in [0.5, 0.6) is 0 Å². The summed E-state index contributed by atoms with van der Waals surface area (Å²) in [5, 5.41) is -0.427. The third kappa shape index (κ3) is 5.49. The predicted molar refractivity (Wildman–Crippen MR) is 129 cm³/mol. The van der Waals surface area contributed by atoms with Gasteiger partial charge in [0.15, 0.2) is 0 Å². The molecule has 1 aliphatic heterocycles. The molecule has 7 nitrogen and oxygen atoms in total. The van der Waals surface area contributed by atoms with Gasteiger partial charge in [0.1, 0.15) is 0 Å². The van der Waals surface area contributed by atoms with Crippen molar-refractivity contribution in [2.45, 2.75) is 57.9 Å². The Kier molecular flexibility index (Phi) is 7.27. The zero-order chi connectivity index (χ0) is 23.5. The van der Waals surface area contributed by atoms with Crippen LogP contribution >= 0.6 is 0 Å². The topological polar surface area (TPSA) is 95.7 Å². The highest BCUT2D eigenvalue weighted by Gasteiger charge is 2.37. The molecule has 8 heteroatoms. The highest BCUT2D eigenvalue weighted by molar-refractivity contribution is 7.93. The summed E-state index contributed by atoms with van der Waals surface area (Å²) in [5.41, 5.74) is 5.02. The summed E-state index contributed by atoms with van der Waals surface area (Å²) in [4.78, 5) is 14.1. The average molecular weight is 459 g/mol. The van der Waals surface area contributed by atoms with E-state index in [1.165, 1.54) is 4.31 Å². The van der Waals surface area contributed by atoms with Gasteiger partial charge in [-0.25, -0.2) is 14.3 Å². The standard InChI is InChI=1S/C24H34N4O3S/c1-18-6-5-7-21(16-18)28(17-19-8-10-20(11-9-19)23(29)26-25)32(30,31)22-12-14-27(15-13-22)24(2,3)4/h5-11,16,22H,12-15,17,25H2,1-4H3,(H,26,29). The molecule has 0 saturated carbocycles. The number of hydrogen-bond donors (Lipinski definition) is 2. The van der Waals surface area contributed by atoms with Gasteiger partial charge in [-0.05, 0) is 89.0 Å². The summed E-state index contributed by atoms with van der Waals surface area (Å²) in [7, 11) is -3.58. The Balaban J connectivity index is 1.89. The minimum absolute atomic E-state index is 0.0303. The summed E-state index contributed by atoms with van der Waals surface area (Å²) in [6.45, 7) is 10.2. The molecule has 1 heterocycles. The second-order valence-electron chi connectivity index (χ2n) is 9.42. The van der Waals surface area contributed by atoms with Gasteiger partial charge in [-0.1, -0.05) is 24.3 Å². The van der Waals surface area contributed by atoms with Crippen molar-refractivity contribution in [1.29, 1.82) is 0 Å². The van der Waals surface area contributed by atoms with E-state index in [2.05, 4.69) is 31.1 Å². The number of nitrogens with zero attached hydrogens (tertiary/aromatic N) is 2. The monoisotopic (exact) mass is 458 g/mol. The van der Waals surface area contributed by atoms with Crippen LogP contribution in [0.15, 0.2) is 48.5 Å². The maximum atomic E-state index is 13.8. The van der Waals surface area contributed by atoms with Crippen LogP contribution < -0.4 is 15.6 Å². The molecule has 3 rings (SSSR count). The van der Waals surface area contributed by atoms with Crippen LogP contribution in [-0.2, 0) is 16.6 Å². The van der Waals surface area contributed by atoms with E-state index >= 15 is 0 Å². The third-order valence-electron chi connectivity index (χ3n) is 6.08. The molecule has 0 radical (unpaired) electrons. The van der Waals surface area contributed by atoms with E-state index in [0.29, 0.717) is 24.1 Å². The van der Waals surface area contributed by atoms with E-state index in [0.717, 1.165) is 24.2 Å². The molecule has 0 aliphatic carbocycles. The zero-order valence-electron chi connectivity index (χ0n) is 19.3. The van der Waals surface area contributed by atoms with Crippen LogP contribution in [-0.4, -0.2) is 43.1 Å². The Morgan fingerprint density at radius 2 is 1.75 bits per heavy atom. The molecule has 2 aromatic rings. The fourth-order valence-corrected chi connectivity index (χ4v) is 6.03. The SMILES string of the molecule is Cc1cccc(N(Cc2ccc(C(=O)NN)cc2)S(=O)(=O)C2CCN(C(C)(C)C)CC2)c1. The molecule has 0 atom stereocenters. The van der Waals surface area contributed by atoms with Crippen LogP contribution in [0.25, 0.3) is 0 Å². The number of anilines is 1. The van der Waals surface area contributed by atoms with E-state index in [-0.39, 0.29) is 18.0 Å². The van der Waals surface area contributed by atoms with Gasteiger partial charge in [-0.15, -0.1) is 0 Å². The molecule has 1 amide bonds. The van der Waals surface area contributed by atoms with Gasteiger partial charge in [-0.2, -0.15) is 0 Å². The lowest BCUT2D eigenvalue weighted by atomic mass is 10.0. The van der Waals surface area contributed by atoms with Crippen LogP contribution in [0.3, 0.4) is 0 Å². The van der Waals surface area contributed by atoms with Crippen molar-refractivity contribution in [1.82, 2.24) is 10.3 Å². The summed E-state index contributed by atoms with van der Waals surface area (Å²) in [6, 6.07) is 14.4. The minimum atomic E-state index is -3.58. The second kappa shape index (κ2) is 9.60. The Morgan fingerprint density at radius 3 is 2.28 bits per heavy atom. The quantitative estimate of drug-likeness (QED) is 0.394. The number of benzene rings is 2. The average Bonchev–Trinajstić information content (AvgIpc) is 2.76. The van der Waals surface area contributed by atoms with Crippen molar-refractivity contribution in [2.24, 2.45) is 5.84 Å². The first-order valence-electron chi connectivity index (χ1n) is 11.0. The van der Waals surface area contributed by atoms with Crippen molar-refractivity contribution < 1.29 is 13.2 Å². The summed E-state index contributed by atoms with van der Waals surface area (Å²) in [6.07, 6.45) is 1.22. The number of sulfonamides is 1. The number of piperidine rings is 1. The number of carbonyl (C=O) groups excluding carboxylic acids is 1. The van der Waals surface area contributed by atoms with Crippen LogP contribution in [0, 0.1) is 6.92 Å². The number of amides is 1. The molecule has 3 N–H and O–H groups in total. The number of aryl methyl sites for hydroxylation is 1. The maximum absolute atomic E-state index is 13.8. The number of carbonyl (C=O) groups is 1. The third-order valence-corrected chi connectivity index (χ3v) is 8.35. The van der Waals surface area contributed by atoms with Crippen LogP contribution in [0.2, 0.25) is 0 Å². The van der Waals surface area contributed by atoms with Gasteiger partial charge in [0.25, 0.3) is 5.91 Å². The number of likely N-dealkylation sites (tertiary alicyclic amines) is 1. The van der Waals surface area contributed by atoms with Gasteiger partial charge in [0, 0.05) is 11.1 Å². The number of nitrogens with two attached hydrogens (primary N) is 1. The van der Waals surface area contributed by atoms with Gasteiger partial charge < -0.3 is 0 Å². The lowest BCUT2D eigenvalue weighted by Crippen LogP contribution is -2.50. The molecule has 32 heavy (non-hydrogen) atoms. The Hall–Kier alpha value is -2.42. The molecule has 0 unspecified atom stereocenters. The molecular formula is C24H34N4O3S. The van der Waals surface area contributed by atoms with E-state index in [1.54, 1.807) is 24.3 Å². The van der Waals surface area contributed by atoms with Crippen LogP contribution in [0.1, 0.15) is 55.1 Å². The first-order chi connectivity index (χ1) is 15.0. The normalized spacial score (nSPS) is 16.0. The highest BCUT2D eigenvalue weighted by Crippen LogP contribution is 2.30. The lowest BCUT2D eigenvalue weighted by Gasteiger charge is -2.41. The van der Waals surface area contributed by atoms with E-state index in [9.17, 15) is 13.2 Å². The van der Waals surface area contributed by atoms with Gasteiger partial charge in [0.2, 0.25) is 10.0 Å². The minimum Gasteiger partial charge on any atom is -0.298 e. The number of nitrogens with one attached hydrogen (secondary N) is 1. The fourth-order valence-electron chi connectivity index (χ4n) is 4.13. The lowest BCUT2D eigenvalue weighted by molar-refractivity contribution is 0.0953. The number of hydrazine groups is 1. The largest absolute Gasteiger partial charge is 0.298 e. The maximum Gasteiger partial charge on any atom is 0.265 e. The Bertz CT molecular complexity index is 1040. The summed E-state index contributed by atoms with van der Waals surface area (Å²) >= 11 is 0. The van der Waals surface area contributed by atoms with Crippen molar-refractivity contribution in [3.8, 4) is 0 Å². The van der Waals surface area contributed by atoms with Gasteiger partial charge in [-0.3, -0.25) is 19.4 Å². The number of nitrogen functional groups attached to an aromatic ring is 1. The molecule has 0 aromatic heterocycles. The first-order valence-corrected chi connectivity index (χ1v) is 12.5. The predicted octanol–water partition coefficient (Wildman–Crippen LogP) is 3.20. The van der Waals surface area contributed by atoms with Crippen molar-refractivity contribution in [3.63, 3.8) is 0 Å². The molecule has 1 saturated heterocycles. The van der Waals surface area contributed by atoms with Gasteiger partial charge in [0.05, 0.1) is 17.5 Å². The van der Waals surface area contributed by atoms with Crippen molar-refractivity contribution in [3.05, 3.63) is 65.2 Å².